The molecule has 0 unspecified atom stereocenters. The molecule has 0 spiro atoms. The fraction of sp³-hybridized carbons (Fsp3) is 0.500. The van der Waals surface area contributed by atoms with Crippen LogP contribution in [-0.4, -0.2) is 53.2 Å². The Labute approximate surface area is 111 Å². The second-order valence-electron chi connectivity index (χ2n) is 4.30. The maximum Gasteiger partial charge on any atom is 0.251 e. The fourth-order valence-corrected chi connectivity index (χ4v) is 2.25. The monoisotopic (exact) mass is 269 g/mol. The molecule has 1 aliphatic heterocycles. The number of aromatic nitrogens is 1. The van der Waals surface area contributed by atoms with Gasteiger partial charge in [0.15, 0.2) is 0 Å². The summed E-state index contributed by atoms with van der Waals surface area (Å²) in [5.41, 5.74) is 0. The van der Waals surface area contributed by atoms with Gasteiger partial charge in [-0.05, 0) is 19.1 Å². The molecule has 6 heteroatoms. The van der Waals surface area contributed by atoms with Crippen molar-refractivity contribution in [1.29, 1.82) is 0 Å². The Morgan fingerprint density at radius 1 is 1.44 bits per heavy atom. The zero-order valence-corrected chi connectivity index (χ0v) is 11.0. The topological polar surface area (TPSA) is 56.7 Å². The zero-order valence-electron chi connectivity index (χ0n) is 10.2. The second kappa shape index (κ2) is 5.54. The first-order chi connectivity index (χ1) is 8.59. The number of pyridine rings is 1. The van der Waals surface area contributed by atoms with Gasteiger partial charge in [-0.15, -0.1) is 0 Å². The molecule has 1 amide bonds. The lowest BCUT2D eigenvalue weighted by Gasteiger charge is -2.36. The van der Waals surface area contributed by atoms with E-state index in [1.807, 2.05) is 4.90 Å². The number of hydrogen-bond acceptors (Lipinski definition) is 4. The van der Waals surface area contributed by atoms with Crippen LogP contribution in [0.15, 0.2) is 18.3 Å². The molecule has 0 radical (unpaired) electrons. The Kier molecular flexibility index (Phi) is 4.04. The van der Waals surface area contributed by atoms with Gasteiger partial charge in [0, 0.05) is 32.4 Å². The first-order valence-corrected chi connectivity index (χ1v) is 6.29. The third-order valence-electron chi connectivity index (χ3n) is 2.99. The van der Waals surface area contributed by atoms with E-state index in [1.165, 1.54) is 6.92 Å². The van der Waals surface area contributed by atoms with Crippen LogP contribution in [0.4, 0.5) is 5.82 Å². The van der Waals surface area contributed by atoms with Gasteiger partial charge in [0.05, 0.1) is 5.02 Å². The standard InChI is InChI=1S/C12H16ClN3O2/c1-9(17)12(18)16-7-5-15(6-8-16)11-10(13)3-2-4-14-11/h2-4,9,17H,5-8H2,1H3/t9-/m0/s1. The molecule has 1 atom stereocenters. The van der Waals surface area contributed by atoms with E-state index in [-0.39, 0.29) is 5.91 Å². The highest BCUT2D eigenvalue weighted by molar-refractivity contribution is 6.32. The van der Waals surface area contributed by atoms with Gasteiger partial charge in [0.1, 0.15) is 11.9 Å². The Hall–Kier alpha value is -1.33. The number of rotatable bonds is 2. The van der Waals surface area contributed by atoms with Crippen LogP contribution in [0.5, 0.6) is 0 Å². The molecule has 1 N–H and O–H groups in total. The van der Waals surface area contributed by atoms with Crippen molar-refractivity contribution in [2.75, 3.05) is 31.1 Å². The van der Waals surface area contributed by atoms with Crippen LogP contribution in [0.3, 0.4) is 0 Å². The molecule has 1 saturated heterocycles. The van der Waals surface area contributed by atoms with Gasteiger partial charge in [-0.2, -0.15) is 0 Å². The predicted octanol–water partition coefficient (Wildman–Crippen LogP) is 0.764. The van der Waals surface area contributed by atoms with Gasteiger partial charge < -0.3 is 14.9 Å². The summed E-state index contributed by atoms with van der Waals surface area (Å²) in [5, 5.41) is 9.88. The largest absolute Gasteiger partial charge is 0.384 e. The normalized spacial score (nSPS) is 17.7. The number of aliphatic hydroxyl groups is 1. The summed E-state index contributed by atoms with van der Waals surface area (Å²) in [7, 11) is 0. The summed E-state index contributed by atoms with van der Waals surface area (Å²) in [5.74, 6) is 0.532. The molecule has 0 saturated carbocycles. The average Bonchev–Trinajstić information content (AvgIpc) is 2.38. The Morgan fingerprint density at radius 2 is 2.11 bits per heavy atom. The fourth-order valence-electron chi connectivity index (χ4n) is 2.01. The van der Waals surface area contributed by atoms with Crippen LogP contribution in [-0.2, 0) is 4.79 Å². The predicted molar refractivity (Wildman–Crippen MR) is 69.7 cm³/mol. The smallest absolute Gasteiger partial charge is 0.251 e. The van der Waals surface area contributed by atoms with Gasteiger partial charge in [-0.1, -0.05) is 11.6 Å². The zero-order chi connectivity index (χ0) is 13.1. The highest BCUT2D eigenvalue weighted by Crippen LogP contribution is 2.23. The number of anilines is 1. The van der Waals surface area contributed by atoms with E-state index in [0.29, 0.717) is 31.2 Å². The summed E-state index contributed by atoms with van der Waals surface area (Å²) >= 11 is 6.08. The first-order valence-electron chi connectivity index (χ1n) is 5.92. The third-order valence-corrected chi connectivity index (χ3v) is 3.28. The molecule has 1 aliphatic rings. The quantitative estimate of drug-likeness (QED) is 0.861. The highest BCUT2D eigenvalue weighted by atomic mass is 35.5. The van der Waals surface area contributed by atoms with Crippen LogP contribution in [0, 0.1) is 0 Å². The van der Waals surface area contributed by atoms with Crippen molar-refractivity contribution in [1.82, 2.24) is 9.88 Å². The van der Waals surface area contributed by atoms with Gasteiger partial charge in [0.25, 0.3) is 5.91 Å². The van der Waals surface area contributed by atoms with Crippen LogP contribution in [0.2, 0.25) is 5.02 Å². The summed E-state index contributed by atoms with van der Waals surface area (Å²) in [6, 6.07) is 3.59. The minimum absolute atomic E-state index is 0.221. The van der Waals surface area contributed by atoms with E-state index in [0.717, 1.165) is 5.82 Å². The third kappa shape index (κ3) is 2.73. The lowest BCUT2D eigenvalue weighted by Crippen LogP contribution is -2.51. The van der Waals surface area contributed by atoms with Gasteiger partial charge >= 0.3 is 0 Å². The van der Waals surface area contributed by atoms with Crippen LogP contribution >= 0.6 is 11.6 Å². The number of nitrogens with zero attached hydrogens (tertiary/aromatic N) is 3. The van der Waals surface area contributed by atoms with E-state index in [4.69, 9.17) is 11.6 Å². The molecule has 18 heavy (non-hydrogen) atoms. The highest BCUT2D eigenvalue weighted by Gasteiger charge is 2.24. The molecule has 0 aliphatic carbocycles. The van der Waals surface area contributed by atoms with E-state index in [1.54, 1.807) is 23.2 Å². The summed E-state index contributed by atoms with van der Waals surface area (Å²) in [6.07, 6.45) is 0.768. The van der Waals surface area contributed by atoms with Crippen LogP contribution in [0.25, 0.3) is 0 Å². The molecule has 5 nitrogen and oxygen atoms in total. The number of halogens is 1. The van der Waals surface area contributed by atoms with Crippen molar-refractivity contribution < 1.29 is 9.90 Å². The lowest BCUT2D eigenvalue weighted by atomic mass is 10.2. The minimum Gasteiger partial charge on any atom is -0.384 e. The molecule has 0 aromatic carbocycles. The van der Waals surface area contributed by atoms with Crippen molar-refractivity contribution >= 4 is 23.3 Å². The second-order valence-corrected chi connectivity index (χ2v) is 4.70. The SMILES string of the molecule is C[C@H](O)C(=O)N1CCN(c2ncccc2Cl)CC1. The lowest BCUT2D eigenvalue weighted by molar-refractivity contribution is -0.139. The van der Waals surface area contributed by atoms with Crippen molar-refractivity contribution in [3.63, 3.8) is 0 Å². The molecule has 1 fully saturated rings. The van der Waals surface area contributed by atoms with Crippen molar-refractivity contribution in [3.05, 3.63) is 23.4 Å². The number of aliphatic hydroxyl groups excluding tert-OH is 1. The van der Waals surface area contributed by atoms with Crippen molar-refractivity contribution in [2.45, 2.75) is 13.0 Å². The summed E-state index contributed by atoms with van der Waals surface area (Å²) in [4.78, 5) is 19.6. The van der Waals surface area contributed by atoms with Crippen LogP contribution in [0.1, 0.15) is 6.92 Å². The number of piperazine rings is 1. The molecule has 98 valence electrons. The van der Waals surface area contributed by atoms with Crippen molar-refractivity contribution in [3.8, 4) is 0 Å². The Morgan fingerprint density at radius 3 is 2.67 bits per heavy atom. The number of hydrogen-bond donors (Lipinski definition) is 1. The summed E-state index contributed by atoms with van der Waals surface area (Å²) < 4.78 is 0. The maximum atomic E-state index is 11.6. The van der Waals surface area contributed by atoms with Gasteiger partial charge in [-0.25, -0.2) is 4.98 Å². The minimum atomic E-state index is -0.935. The molecule has 2 rings (SSSR count). The van der Waals surface area contributed by atoms with E-state index in [9.17, 15) is 9.90 Å². The van der Waals surface area contributed by atoms with E-state index < -0.39 is 6.10 Å². The average molecular weight is 270 g/mol. The summed E-state index contributed by atoms with van der Waals surface area (Å²) in [6.45, 7) is 4.00. The molecule has 1 aromatic heterocycles. The van der Waals surface area contributed by atoms with E-state index in [2.05, 4.69) is 4.98 Å². The van der Waals surface area contributed by atoms with Crippen LogP contribution < -0.4 is 4.90 Å². The molecule has 2 heterocycles. The Balaban J connectivity index is 1.99. The number of carbonyl (C=O) groups is 1. The molecular formula is C12H16ClN3O2. The number of amides is 1. The Bertz CT molecular complexity index is 431. The first kappa shape index (κ1) is 13.1. The molecular weight excluding hydrogens is 254 g/mol. The van der Waals surface area contributed by atoms with Crippen molar-refractivity contribution in [2.24, 2.45) is 0 Å². The van der Waals surface area contributed by atoms with E-state index >= 15 is 0 Å². The van der Waals surface area contributed by atoms with Gasteiger partial charge in [0.2, 0.25) is 0 Å². The molecule has 1 aromatic rings. The molecule has 0 bridgehead atoms. The maximum absolute atomic E-state index is 11.6. The van der Waals surface area contributed by atoms with Gasteiger partial charge in [-0.3, -0.25) is 4.79 Å². The number of carbonyl (C=O) groups excluding carboxylic acids is 1.